The number of carbonyl (C=O) groups excluding carboxylic acids is 2. The number of hydrogen-bond acceptors (Lipinski definition) is 3. The van der Waals surface area contributed by atoms with E-state index in [1.807, 2.05) is 13.8 Å². The van der Waals surface area contributed by atoms with Crippen LogP contribution in [0.15, 0.2) is 24.3 Å². The quantitative estimate of drug-likeness (QED) is 0.769. The smallest absolute Gasteiger partial charge is 0.319 e. The van der Waals surface area contributed by atoms with E-state index in [4.69, 9.17) is 0 Å². The molecule has 0 bridgehead atoms. The van der Waals surface area contributed by atoms with Crippen LogP contribution >= 0.6 is 0 Å². The zero-order chi connectivity index (χ0) is 18.9. The summed E-state index contributed by atoms with van der Waals surface area (Å²) in [7, 11) is 0. The Morgan fingerprint density at radius 3 is 2.65 bits per heavy atom. The molecule has 3 rings (SSSR count). The number of carboxylic acid groups (broad SMARTS) is 1. The number of amides is 3. The summed E-state index contributed by atoms with van der Waals surface area (Å²) in [6.45, 7) is 4.39. The highest BCUT2D eigenvalue weighted by Crippen LogP contribution is 2.49. The summed E-state index contributed by atoms with van der Waals surface area (Å²) >= 11 is 0. The summed E-state index contributed by atoms with van der Waals surface area (Å²) in [6.07, 6.45) is 2.35. The molecule has 1 aromatic carbocycles. The Labute approximate surface area is 152 Å². The van der Waals surface area contributed by atoms with Gasteiger partial charge in [-0.25, -0.2) is 4.79 Å². The van der Waals surface area contributed by atoms with Crippen molar-refractivity contribution in [2.75, 3.05) is 18.4 Å². The molecule has 0 unspecified atom stereocenters. The fourth-order valence-electron chi connectivity index (χ4n) is 4.16. The van der Waals surface area contributed by atoms with Crippen LogP contribution in [0.2, 0.25) is 0 Å². The van der Waals surface area contributed by atoms with Gasteiger partial charge >= 0.3 is 12.0 Å². The zero-order valence-electron chi connectivity index (χ0n) is 15.1. The molecule has 7 heteroatoms. The number of fused-ring (bicyclic) bond motifs is 1. The fourth-order valence-corrected chi connectivity index (χ4v) is 4.16. The lowest BCUT2D eigenvalue weighted by molar-refractivity contribution is -0.149. The molecule has 1 saturated carbocycles. The number of benzene rings is 1. The lowest BCUT2D eigenvalue weighted by atomic mass is 9.81. The molecule has 3 amide bonds. The van der Waals surface area contributed by atoms with Gasteiger partial charge in [0.2, 0.25) is 0 Å². The molecule has 1 aliphatic carbocycles. The van der Waals surface area contributed by atoms with Crippen molar-refractivity contribution >= 4 is 23.6 Å². The standard InChI is InChI=1S/C19H25N3O4/c1-12(2)20-18(26)21-15-8-4-3-7-14(15)16(23)22-10-13-6-5-9-19(13,11-22)17(24)25/h3-4,7-8,12-13H,5-6,9-11H2,1-2H3,(H,24,25)(H2,20,21,26)/t13-,19+/m0/s1. The Morgan fingerprint density at radius 2 is 2.00 bits per heavy atom. The minimum Gasteiger partial charge on any atom is -0.481 e. The lowest BCUT2D eigenvalue weighted by Crippen LogP contribution is -2.38. The Balaban J connectivity index is 1.79. The number of urea groups is 1. The summed E-state index contributed by atoms with van der Waals surface area (Å²) in [5.74, 6) is -1.04. The number of para-hydroxylation sites is 1. The van der Waals surface area contributed by atoms with Gasteiger partial charge in [-0.2, -0.15) is 0 Å². The molecule has 2 atom stereocenters. The SMILES string of the molecule is CC(C)NC(=O)Nc1ccccc1C(=O)N1C[C@@H]2CCC[C@@]2(C(=O)O)C1. The number of anilines is 1. The van der Waals surface area contributed by atoms with Crippen LogP contribution < -0.4 is 10.6 Å². The topological polar surface area (TPSA) is 98.7 Å². The predicted octanol–water partition coefficient (Wildman–Crippen LogP) is 2.54. The molecular weight excluding hydrogens is 334 g/mol. The van der Waals surface area contributed by atoms with Crippen LogP contribution in [0, 0.1) is 11.3 Å². The maximum atomic E-state index is 13.0. The van der Waals surface area contributed by atoms with E-state index in [0.717, 1.165) is 12.8 Å². The minimum absolute atomic E-state index is 0.00770. The van der Waals surface area contributed by atoms with Gasteiger partial charge in [0, 0.05) is 19.1 Å². The zero-order valence-corrected chi connectivity index (χ0v) is 15.1. The van der Waals surface area contributed by atoms with Gasteiger partial charge in [0.15, 0.2) is 0 Å². The molecule has 0 aromatic heterocycles. The molecule has 140 valence electrons. The van der Waals surface area contributed by atoms with Crippen LogP contribution in [0.5, 0.6) is 0 Å². The first-order valence-electron chi connectivity index (χ1n) is 9.03. The van der Waals surface area contributed by atoms with Crippen molar-refractivity contribution in [3.8, 4) is 0 Å². The van der Waals surface area contributed by atoms with E-state index in [1.165, 1.54) is 0 Å². The monoisotopic (exact) mass is 359 g/mol. The molecule has 0 radical (unpaired) electrons. The lowest BCUT2D eigenvalue weighted by Gasteiger charge is -2.23. The molecule has 3 N–H and O–H groups in total. The Kier molecular flexibility index (Phi) is 4.89. The molecule has 1 aliphatic heterocycles. The summed E-state index contributed by atoms with van der Waals surface area (Å²) in [6, 6.07) is 6.43. The number of nitrogens with zero attached hydrogens (tertiary/aromatic N) is 1. The van der Waals surface area contributed by atoms with E-state index in [-0.39, 0.29) is 30.4 Å². The number of nitrogens with one attached hydrogen (secondary N) is 2. The first kappa shape index (κ1) is 18.2. The van der Waals surface area contributed by atoms with Crippen LogP contribution in [-0.2, 0) is 4.79 Å². The van der Waals surface area contributed by atoms with Crippen LogP contribution in [0.25, 0.3) is 0 Å². The Hall–Kier alpha value is -2.57. The number of carbonyl (C=O) groups is 3. The maximum absolute atomic E-state index is 13.0. The first-order chi connectivity index (χ1) is 12.3. The van der Waals surface area contributed by atoms with Crippen molar-refractivity contribution in [2.24, 2.45) is 11.3 Å². The van der Waals surface area contributed by atoms with Gasteiger partial charge in [-0.05, 0) is 44.7 Å². The van der Waals surface area contributed by atoms with E-state index in [9.17, 15) is 19.5 Å². The maximum Gasteiger partial charge on any atom is 0.319 e. The number of aliphatic carboxylic acids is 1. The third-order valence-corrected chi connectivity index (χ3v) is 5.41. The van der Waals surface area contributed by atoms with Crippen LogP contribution in [0.1, 0.15) is 43.5 Å². The van der Waals surface area contributed by atoms with Gasteiger partial charge in [-0.1, -0.05) is 18.6 Å². The molecule has 0 spiro atoms. The number of likely N-dealkylation sites (tertiary alicyclic amines) is 1. The van der Waals surface area contributed by atoms with Crippen LogP contribution in [-0.4, -0.2) is 47.0 Å². The molecular formula is C19H25N3O4. The Bertz CT molecular complexity index is 733. The molecule has 7 nitrogen and oxygen atoms in total. The van der Waals surface area contributed by atoms with E-state index < -0.39 is 11.4 Å². The van der Waals surface area contributed by atoms with Gasteiger partial charge in [0.25, 0.3) is 5.91 Å². The van der Waals surface area contributed by atoms with Crippen LogP contribution in [0.4, 0.5) is 10.5 Å². The van der Waals surface area contributed by atoms with Crippen molar-refractivity contribution in [3.63, 3.8) is 0 Å². The minimum atomic E-state index is -0.812. The highest BCUT2D eigenvalue weighted by molar-refractivity contribution is 6.03. The van der Waals surface area contributed by atoms with Gasteiger partial charge in [0.05, 0.1) is 16.7 Å². The average Bonchev–Trinajstić information content (AvgIpc) is 3.12. The van der Waals surface area contributed by atoms with E-state index in [0.29, 0.717) is 24.2 Å². The highest BCUT2D eigenvalue weighted by Gasteiger charge is 2.55. The second-order valence-corrected chi connectivity index (χ2v) is 7.53. The Morgan fingerprint density at radius 1 is 1.27 bits per heavy atom. The third-order valence-electron chi connectivity index (χ3n) is 5.41. The molecule has 1 heterocycles. The third kappa shape index (κ3) is 3.25. The van der Waals surface area contributed by atoms with E-state index >= 15 is 0 Å². The van der Waals surface area contributed by atoms with Crippen molar-refractivity contribution in [3.05, 3.63) is 29.8 Å². The second kappa shape index (κ2) is 6.97. The van der Waals surface area contributed by atoms with Crippen molar-refractivity contribution in [1.82, 2.24) is 10.2 Å². The predicted molar refractivity (Wildman–Crippen MR) is 97.0 cm³/mol. The van der Waals surface area contributed by atoms with Crippen molar-refractivity contribution in [2.45, 2.75) is 39.2 Å². The number of carboxylic acids is 1. The van der Waals surface area contributed by atoms with Gasteiger partial charge < -0.3 is 20.6 Å². The van der Waals surface area contributed by atoms with Gasteiger partial charge in [0.1, 0.15) is 0 Å². The molecule has 2 aliphatic rings. The van der Waals surface area contributed by atoms with E-state index in [2.05, 4.69) is 10.6 Å². The van der Waals surface area contributed by atoms with Crippen molar-refractivity contribution < 1.29 is 19.5 Å². The number of rotatable bonds is 4. The molecule has 1 saturated heterocycles. The molecule has 2 fully saturated rings. The number of hydrogen-bond donors (Lipinski definition) is 3. The highest BCUT2D eigenvalue weighted by atomic mass is 16.4. The normalized spacial score (nSPS) is 24.4. The second-order valence-electron chi connectivity index (χ2n) is 7.53. The summed E-state index contributed by atoms with van der Waals surface area (Å²) in [5, 5.41) is 15.1. The average molecular weight is 359 g/mol. The van der Waals surface area contributed by atoms with Crippen molar-refractivity contribution in [1.29, 1.82) is 0 Å². The van der Waals surface area contributed by atoms with Gasteiger partial charge in [-0.3, -0.25) is 9.59 Å². The molecule has 26 heavy (non-hydrogen) atoms. The largest absolute Gasteiger partial charge is 0.481 e. The summed E-state index contributed by atoms with van der Waals surface area (Å²) < 4.78 is 0. The van der Waals surface area contributed by atoms with Crippen LogP contribution in [0.3, 0.4) is 0 Å². The van der Waals surface area contributed by atoms with Gasteiger partial charge in [-0.15, -0.1) is 0 Å². The molecule has 1 aromatic rings. The summed E-state index contributed by atoms with van der Waals surface area (Å²) in [4.78, 5) is 38.5. The van der Waals surface area contributed by atoms with E-state index in [1.54, 1.807) is 29.2 Å². The summed E-state index contributed by atoms with van der Waals surface area (Å²) in [5.41, 5.74) is -0.00319. The fraction of sp³-hybridized carbons (Fsp3) is 0.526. The first-order valence-corrected chi connectivity index (χ1v) is 9.03.